The highest BCUT2D eigenvalue weighted by molar-refractivity contribution is 6.32. The van der Waals surface area contributed by atoms with Gasteiger partial charge in [-0.2, -0.15) is 4.98 Å². The van der Waals surface area contributed by atoms with E-state index < -0.39 is 11.7 Å². The van der Waals surface area contributed by atoms with Crippen molar-refractivity contribution in [3.63, 3.8) is 0 Å². The van der Waals surface area contributed by atoms with E-state index in [0.29, 0.717) is 49.8 Å². The molecule has 1 aromatic heterocycles. The number of halogens is 2. The Labute approximate surface area is 314 Å². The zero-order valence-corrected chi connectivity index (χ0v) is 31.0. The Hall–Kier alpha value is -4.82. The summed E-state index contributed by atoms with van der Waals surface area (Å²) in [6.45, 7) is 14.1. The lowest BCUT2D eigenvalue weighted by molar-refractivity contribution is 0.0303. The maximum atomic E-state index is 15.2. The molecule has 6 rings (SSSR count). The van der Waals surface area contributed by atoms with Crippen molar-refractivity contribution in [3.05, 3.63) is 93.9 Å². The molecule has 280 valence electrons. The second-order valence-corrected chi connectivity index (χ2v) is 13.5. The van der Waals surface area contributed by atoms with Crippen LogP contribution in [-0.2, 0) is 4.74 Å². The molecule has 2 aliphatic rings. The molecule has 2 N–H and O–H groups in total. The summed E-state index contributed by atoms with van der Waals surface area (Å²) in [7, 11) is 0. The van der Waals surface area contributed by atoms with E-state index in [1.807, 2.05) is 32.0 Å². The topological polar surface area (TPSA) is 121 Å². The van der Waals surface area contributed by atoms with Crippen LogP contribution in [0.1, 0.15) is 45.2 Å². The number of rotatable bonds is 13. The molecule has 0 radical (unpaired) electrons. The highest BCUT2D eigenvalue weighted by atomic mass is 35.5. The molecule has 0 aliphatic carbocycles. The average molecular weight is 746 g/mol. The van der Waals surface area contributed by atoms with Crippen LogP contribution in [-0.4, -0.2) is 109 Å². The number of carbonyl (C=O) groups is 2. The van der Waals surface area contributed by atoms with Crippen LogP contribution >= 0.6 is 11.6 Å². The van der Waals surface area contributed by atoms with E-state index in [1.165, 1.54) is 18.3 Å². The van der Waals surface area contributed by atoms with Crippen molar-refractivity contribution in [2.45, 2.75) is 27.2 Å². The van der Waals surface area contributed by atoms with Crippen LogP contribution in [0.3, 0.4) is 0 Å². The predicted molar refractivity (Wildman–Crippen MR) is 202 cm³/mol. The van der Waals surface area contributed by atoms with E-state index in [0.717, 1.165) is 56.8 Å². The fraction of sp³-hybridized carbons (Fsp3) is 0.385. The Bertz CT molecular complexity index is 1900. The number of aryl methyl sites for hydroxylation is 2. The third kappa shape index (κ3) is 9.79. The number of morpholine rings is 1. The average Bonchev–Trinajstić information content (AvgIpc) is 3.16. The highest BCUT2D eigenvalue weighted by Crippen LogP contribution is 2.33. The van der Waals surface area contributed by atoms with E-state index in [-0.39, 0.29) is 39.8 Å². The number of aromatic nitrogens is 2. The third-order valence-corrected chi connectivity index (χ3v) is 9.56. The summed E-state index contributed by atoms with van der Waals surface area (Å²) in [6, 6.07) is 14.9. The van der Waals surface area contributed by atoms with Crippen LogP contribution in [0.25, 0.3) is 0 Å². The summed E-state index contributed by atoms with van der Waals surface area (Å²) in [5.74, 6) is -0.948. The maximum Gasteiger partial charge on any atom is 0.262 e. The van der Waals surface area contributed by atoms with E-state index in [2.05, 4.69) is 37.3 Å². The third-order valence-electron chi connectivity index (χ3n) is 9.26. The van der Waals surface area contributed by atoms with Crippen LogP contribution in [0.2, 0.25) is 5.02 Å². The number of anilines is 3. The van der Waals surface area contributed by atoms with Gasteiger partial charge in [-0.1, -0.05) is 36.7 Å². The van der Waals surface area contributed by atoms with Crippen LogP contribution < -0.4 is 20.1 Å². The van der Waals surface area contributed by atoms with Crippen molar-refractivity contribution in [1.29, 1.82) is 0 Å². The molecule has 14 heteroatoms. The van der Waals surface area contributed by atoms with Crippen molar-refractivity contribution >= 4 is 40.7 Å². The summed E-state index contributed by atoms with van der Waals surface area (Å²) in [6.07, 6.45) is 2.47. The number of nitrogens with one attached hydrogen (secondary N) is 2. The largest absolute Gasteiger partial charge is 0.489 e. The molecule has 4 aromatic rings. The van der Waals surface area contributed by atoms with Crippen molar-refractivity contribution in [3.8, 4) is 17.4 Å². The maximum absolute atomic E-state index is 15.2. The molecule has 3 aromatic carbocycles. The Morgan fingerprint density at radius 1 is 0.925 bits per heavy atom. The summed E-state index contributed by atoms with van der Waals surface area (Å²) < 4.78 is 32.5. The lowest BCUT2D eigenvalue weighted by Gasteiger charge is -2.34. The Kier molecular flexibility index (Phi) is 12.7. The molecule has 12 nitrogen and oxygen atoms in total. The normalized spacial score (nSPS) is 15.2. The number of hydrogen-bond donors (Lipinski definition) is 2. The molecular weight excluding hydrogens is 701 g/mol. The minimum absolute atomic E-state index is 0.0319. The second kappa shape index (κ2) is 17.8. The molecule has 2 saturated heterocycles. The minimum Gasteiger partial charge on any atom is -0.489 e. The summed E-state index contributed by atoms with van der Waals surface area (Å²) >= 11 is 6.63. The fourth-order valence-corrected chi connectivity index (χ4v) is 6.50. The lowest BCUT2D eigenvalue weighted by atomic mass is 10.1. The first-order chi connectivity index (χ1) is 25.7. The molecule has 2 fully saturated rings. The van der Waals surface area contributed by atoms with Gasteiger partial charge in [0.1, 0.15) is 17.9 Å². The van der Waals surface area contributed by atoms with E-state index in [4.69, 9.17) is 25.8 Å². The van der Waals surface area contributed by atoms with Gasteiger partial charge in [-0.15, -0.1) is 0 Å². The first kappa shape index (κ1) is 37.9. The standard InChI is InChI=1S/C39H45ClFN7O5/c1-4-12-46-13-15-47(16-14-46)17-22-52-34-11-9-29(24-32(34)41)43-39-42-25-30(36(49)44-35-26(2)6-5-7-27(35)3)37(45-39)53-33-10-8-28(23-31(33)40)38(50)48-18-20-51-21-19-48/h5-11,23-25H,4,12-22H2,1-3H3,(H,44,49)(H,42,43,45). The summed E-state index contributed by atoms with van der Waals surface area (Å²) in [4.78, 5) is 42.0. The van der Waals surface area contributed by atoms with Gasteiger partial charge in [0.05, 0.1) is 18.2 Å². The molecule has 0 saturated carbocycles. The number of nitrogens with zero attached hydrogens (tertiary/aromatic N) is 5. The number of para-hydroxylation sites is 1. The molecule has 0 spiro atoms. The number of carbonyl (C=O) groups excluding carboxylic acids is 2. The molecule has 0 unspecified atom stereocenters. The summed E-state index contributed by atoms with van der Waals surface area (Å²) in [5, 5.41) is 6.08. The van der Waals surface area contributed by atoms with Crippen LogP contribution in [0, 0.1) is 19.7 Å². The number of piperazine rings is 1. The van der Waals surface area contributed by atoms with E-state index in [1.54, 1.807) is 29.2 Å². The van der Waals surface area contributed by atoms with Gasteiger partial charge in [0.25, 0.3) is 11.8 Å². The van der Waals surface area contributed by atoms with Gasteiger partial charge in [-0.05, 0) is 68.3 Å². The van der Waals surface area contributed by atoms with Crippen LogP contribution in [0.5, 0.6) is 17.4 Å². The zero-order valence-electron chi connectivity index (χ0n) is 30.3. The van der Waals surface area contributed by atoms with Gasteiger partial charge in [-0.3, -0.25) is 14.5 Å². The number of ether oxygens (including phenoxy) is 3. The quantitative estimate of drug-likeness (QED) is 0.156. The molecule has 2 aliphatic heterocycles. The van der Waals surface area contributed by atoms with E-state index >= 15 is 4.39 Å². The van der Waals surface area contributed by atoms with Gasteiger partial charge < -0.3 is 34.6 Å². The first-order valence-electron chi connectivity index (χ1n) is 17.9. The van der Waals surface area contributed by atoms with Crippen molar-refractivity contribution in [1.82, 2.24) is 24.7 Å². The Balaban J connectivity index is 1.17. The molecule has 53 heavy (non-hydrogen) atoms. The number of amides is 2. The Morgan fingerprint density at radius 2 is 1.62 bits per heavy atom. The summed E-state index contributed by atoms with van der Waals surface area (Å²) in [5.41, 5.74) is 3.20. The smallest absolute Gasteiger partial charge is 0.262 e. The second-order valence-electron chi connectivity index (χ2n) is 13.1. The molecule has 0 bridgehead atoms. The highest BCUT2D eigenvalue weighted by Gasteiger charge is 2.23. The fourth-order valence-electron chi connectivity index (χ4n) is 6.28. The number of hydrogen-bond acceptors (Lipinski definition) is 10. The van der Waals surface area contributed by atoms with Crippen molar-refractivity contribution < 1.29 is 28.2 Å². The zero-order chi connectivity index (χ0) is 37.3. The van der Waals surface area contributed by atoms with Crippen molar-refractivity contribution in [2.75, 3.05) is 82.8 Å². The van der Waals surface area contributed by atoms with Gasteiger partial charge in [0.15, 0.2) is 11.6 Å². The minimum atomic E-state index is -0.540. The van der Waals surface area contributed by atoms with Crippen molar-refractivity contribution in [2.24, 2.45) is 0 Å². The lowest BCUT2D eigenvalue weighted by Crippen LogP contribution is -2.47. The van der Waals surface area contributed by atoms with Crippen LogP contribution in [0.4, 0.5) is 21.7 Å². The Morgan fingerprint density at radius 3 is 2.30 bits per heavy atom. The SMILES string of the molecule is CCCN1CCN(CCOc2ccc(Nc3ncc(C(=O)Nc4c(C)cccc4C)c(Oc4ccc(C(=O)N5CCOCC5)cc4Cl)n3)cc2F)CC1. The van der Waals surface area contributed by atoms with Gasteiger partial charge in [-0.25, -0.2) is 9.37 Å². The molecular formula is C39H45ClFN7O5. The van der Waals surface area contributed by atoms with Crippen LogP contribution in [0.15, 0.2) is 60.8 Å². The number of benzene rings is 3. The van der Waals surface area contributed by atoms with Gasteiger partial charge in [0, 0.05) is 75.0 Å². The predicted octanol–water partition coefficient (Wildman–Crippen LogP) is 6.55. The monoisotopic (exact) mass is 745 g/mol. The molecule has 2 amide bonds. The van der Waals surface area contributed by atoms with E-state index in [9.17, 15) is 9.59 Å². The first-order valence-corrected chi connectivity index (χ1v) is 18.3. The van der Waals surface area contributed by atoms with Gasteiger partial charge in [0.2, 0.25) is 11.8 Å². The molecule has 3 heterocycles. The molecule has 0 atom stereocenters. The van der Waals surface area contributed by atoms with Gasteiger partial charge >= 0.3 is 0 Å².